The second-order valence-corrected chi connectivity index (χ2v) is 6.34. The largest absolute Gasteiger partial charge is 0.462 e. The maximum atomic E-state index is 12.2. The summed E-state index contributed by atoms with van der Waals surface area (Å²) in [5, 5.41) is 11.2. The summed E-state index contributed by atoms with van der Waals surface area (Å²) in [4.78, 5) is 34.8. The molecule has 2 aromatic carbocycles. The Labute approximate surface area is 163 Å². The monoisotopic (exact) mass is 385 g/mol. The van der Waals surface area contributed by atoms with Gasteiger partial charge in [0, 0.05) is 5.56 Å². The molecule has 0 N–H and O–H groups in total. The number of hydrogen-bond acceptors (Lipinski definition) is 6. The maximum Gasteiger partial charge on any atom is 0.338 e. The van der Waals surface area contributed by atoms with E-state index < -0.39 is 16.9 Å². The van der Waals surface area contributed by atoms with Crippen LogP contribution >= 0.6 is 0 Å². The molecular formula is C21H23NO6. The van der Waals surface area contributed by atoms with Crippen molar-refractivity contribution in [1.29, 1.82) is 0 Å². The smallest absolute Gasteiger partial charge is 0.338 e. The van der Waals surface area contributed by atoms with Crippen molar-refractivity contribution in [2.45, 2.75) is 39.7 Å². The number of nitro groups is 1. The zero-order valence-electron chi connectivity index (χ0n) is 16.0. The summed E-state index contributed by atoms with van der Waals surface area (Å²) in [5.41, 5.74) is 1.36. The van der Waals surface area contributed by atoms with E-state index in [-0.39, 0.29) is 17.9 Å². The summed E-state index contributed by atoms with van der Waals surface area (Å²) in [7, 11) is 0. The van der Waals surface area contributed by atoms with Gasteiger partial charge in [0.1, 0.15) is 6.61 Å². The van der Waals surface area contributed by atoms with Crippen LogP contribution < -0.4 is 0 Å². The Bertz CT molecular complexity index is 844. The molecule has 0 radical (unpaired) electrons. The number of nitrogens with zero attached hydrogens (tertiary/aromatic N) is 1. The average Bonchev–Trinajstić information content (AvgIpc) is 2.69. The highest BCUT2D eigenvalue weighted by Gasteiger charge is 2.18. The number of unbranched alkanes of at least 4 members (excludes halogenated alkanes) is 2. The molecule has 0 amide bonds. The number of para-hydroxylation sites is 1. The lowest BCUT2D eigenvalue weighted by molar-refractivity contribution is -0.386. The number of carbonyl (C=O) groups is 2. The molecule has 0 saturated carbocycles. The van der Waals surface area contributed by atoms with Crippen molar-refractivity contribution in [2.75, 3.05) is 6.61 Å². The molecular weight excluding hydrogens is 362 g/mol. The predicted molar refractivity (Wildman–Crippen MR) is 103 cm³/mol. The predicted octanol–water partition coefficient (Wildman–Crippen LogP) is 4.61. The highest BCUT2D eigenvalue weighted by molar-refractivity contribution is 5.93. The first-order chi connectivity index (χ1) is 13.4. The molecule has 2 rings (SSSR count). The van der Waals surface area contributed by atoms with Gasteiger partial charge in [0.25, 0.3) is 5.69 Å². The Balaban J connectivity index is 1.96. The first kappa shape index (κ1) is 21.1. The summed E-state index contributed by atoms with van der Waals surface area (Å²) in [6.45, 7) is 3.85. The summed E-state index contributed by atoms with van der Waals surface area (Å²) < 4.78 is 10.4. The lowest BCUT2D eigenvalue weighted by atomic mass is 10.1. The van der Waals surface area contributed by atoms with Gasteiger partial charge in [0.15, 0.2) is 0 Å². The molecule has 0 saturated heterocycles. The van der Waals surface area contributed by atoms with Crippen LogP contribution in [0, 0.1) is 17.0 Å². The van der Waals surface area contributed by atoms with Gasteiger partial charge in [0.2, 0.25) is 0 Å². The molecule has 0 aromatic heterocycles. The van der Waals surface area contributed by atoms with E-state index in [9.17, 15) is 19.7 Å². The molecule has 7 nitrogen and oxygen atoms in total. The van der Waals surface area contributed by atoms with E-state index >= 15 is 0 Å². The van der Waals surface area contributed by atoms with Gasteiger partial charge >= 0.3 is 11.9 Å². The Morgan fingerprint density at radius 2 is 1.57 bits per heavy atom. The van der Waals surface area contributed by atoms with Crippen molar-refractivity contribution in [3.8, 4) is 0 Å². The molecule has 0 aliphatic rings. The molecule has 0 aliphatic carbocycles. The average molecular weight is 385 g/mol. The molecule has 0 atom stereocenters. The molecule has 2 aromatic rings. The quantitative estimate of drug-likeness (QED) is 0.271. The minimum atomic E-state index is -0.626. The number of aryl methyl sites for hydroxylation is 1. The topological polar surface area (TPSA) is 95.7 Å². The third-order valence-corrected chi connectivity index (χ3v) is 4.20. The molecule has 0 unspecified atom stereocenters. The zero-order valence-corrected chi connectivity index (χ0v) is 16.0. The van der Waals surface area contributed by atoms with E-state index in [0.717, 1.165) is 19.3 Å². The van der Waals surface area contributed by atoms with E-state index in [4.69, 9.17) is 9.47 Å². The SMILES string of the molecule is CCCCCOC(=O)c1ccc(C(=O)OCc2cccc(C)c2[N+](=O)[O-])cc1. The Hall–Kier alpha value is -3.22. The summed E-state index contributed by atoms with van der Waals surface area (Å²) >= 11 is 0. The van der Waals surface area contributed by atoms with E-state index in [1.54, 1.807) is 25.1 Å². The number of nitro benzene ring substituents is 1. The van der Waals surface area contributed by atoms with Gasteiger partial charge in [-0.3, -0.25) is 10.1 Å². The van der Waals surface area contributed by atoms with Crippen LogP contribution in [-0.4, -0.2) is 23.5 Å². The molecule has 7 heteroatoms. The van der Waals surface area contributed by atoms with E-state index in [0.29, 0.717) is 23.3 Å². The first-order valence-electron chi connectivity index (χ1n) is 9.11. The molecule has 0 heterocycles. The van der Waals surface area contributed by atoms with E-state index in [1.807, 2.05) is 0 Å². The maximum absolute atomic E-state index is 12.2. The van der Waals surface area contributed by atoms with Crippen LogP contribution in [-0.2, 0) is 16.1 Å². The number of esters is 2. The molecule has 0 bridgehead atoms. The Morgan fingerprint density at radius 1 is 0.964 bits per heavy atom. The Morgan fingerprint density at radius 3 is 2.14 bits per heavy atom. The van der Waals surface area contributed by atoms with Crippen molar-refractivity contribution < 1.29 is 24.0 Å². The second-order valence-electron chi connectivity index (χ2n) is 6.34. The number of ether oxygens (including phenoxy) is 2. The number of hydrogen-bond donors (Lipinski definition) is 0. The van der Waals surface area contributed by atoms with Gasteiger partial charge in [-0.05, 0) is 43.7 Å². The zero-order chi connectivity index (χ0) is 20.5. The third kappa shape index (κ3) is 5.64. The highest BCUT2D eigenvalue weighted by atomic mass is 16.6. The number of carbonyl (C=O) groups excluding carboxylic acids is 2. The van der Waals surface area contributed by atoms with Crippen LogP contribution in [0.1, 0.15) is 58.0 Å². The fraction of sp³-hybridized carbons (Fsp3) is 0.333. The van der Waals surface area contributed by atoms with Crippen LogP contribution in [0.2, 0.25) is 0 Å². The number of benzene rings is 2. The summed E-state index contributed by atoms with van der Waals surface area (Å²) in [6.07, 6.45) is 2.86. The standard InChI is InChI=1S/C21H23NO6/c1-3-4-5-13-27-20(23)16-9-11-17(12-10-16)21(24)28-14-18-8-6-7-15(2)19(18)22(25)26/h6-12H,3-5,13-14H2,1-2H3. The Kier molecular flexibility index (Phi) is 7.68. The lowest BCUT2D eigenvalue weighted by Gasteiger charge is -2.08. The van der Waals surface area contributed by atoms with Crippen LogP contribution in [0.4, 0.5) is 5.69 Å². The second kappa shape index (κ2) is 10.2. The van der Waals surface area contributed by atoms with Crippen LogP contribution in [0.5, 0.6) is 0 Å². The van der Waals surface area contributed by atoms with Gasteiger partial charge in [0.05, 0.1) is 28.2 Å². The fourth-order valence-corrected chi connectivity index (χ4v) is 2.67. The first-order valence-corrected chi connectivity index (χ1v) is 9.11. The van der Waals surface area contributed by atoms with Gasteiger partial charge in [-0.2, -0.15) is 0 Å². The number of rotatable bonds is 9. The lowest BCUT2D eigenvalue weighted by Crippen LogP contribution is -2.09. The molecule has 0 fully saturated rings. The van der Waals surface area contributed by atoms with Gasteiger partial charge in [-0.15, -0.1) is 0 Å². The van der Waals surface area contributed by atoms with Crippen molar-refractivity contribution in [3.63, 3.8) is 0 Å². The van der Waals surface area contributed by atoms with Gasteiger partial charge in [-0.1, -0.05) is 31.9 Å². The van der Waals surface area contributed by atoms with Gasteiger partial charge in [-0.25, -0.2) is 9.59 Å². The van der Waals surface area contributed by atoms with E-state index in [1.165, 1.54) is 24.3 Å². The third-order valence-electron chi connectivity index (χ3n) is 4.20. The molecule has 148 valence electrons. The summed E-state index contributed by atoms with van der Waals surface area (Å²) in [5.74, 6) is -1.06. The van der Waals surface area contributed by atoms with Crippen LogP contribution in [0.15, 0.2) is 42.5 Å². The molecule has 0 spiro atoms. The van der Waals surface area contributed by atoms with Crippen molar-refractivity contribution in [1.82, 2.24) is 0 Å². The van der Waals surface area contributed by atoms with Gasteiger partial charge < -0.3 is 9.47 Å². The van der Waals surface area contributed by atoms with Crippen LogP contribution in [0.25, 0.3) is 0 Å². The highest BCUT2D eigenvalue weighted by Crippen LogP contribution is 2.24. The summed E-state index contributed by atoms with van der Waals surface area (Å²) in [6, 6.07) is 10.8. The normalized spacial score (nSPS) is 10.4. The molecule has 28 heavy (non-hydrogen) atoms. The van der Waals surface area contributed by atoms with Crippen molar-refractivity contribution in [2.24, 2.45) is 0 Å². The molecule has 0 aliphatic heterocycles. The minimum absolute atomic E-state index is 0.0588. The van der Waals surface area contributed by atoms with E-state index in [2.05, 4.69) is 6.92 Å². The van der Waals surface area contributed by atoms with Crippen LogP contribution in [0.3, 0.4) is 0 Å². The van der Waals surface area contributed by atoms with Crippen molar-refractivity contribution >= 4 is 17.6 Å². The van der Waals surface area contributed by atoms with Crippen molar-refractivity contribution in [3.05, 3.63) is 74.8 Å². The fourth-order valence-electron chi connectivity index (χ4n) is 2.67. The minimum Gasteiger partial charge on any atom is -0.462 e.